The number of thiophene rings is 1. The maximum Gasteiger partial charge on any atom is 0.0334 e. The first kappa shape index (κ1) is 14.2. The highest BCUT2D eigenvalue weighted by Gasteiger charge is 2.11. The molecule has 0 amide bonds. The summed E-state index contributed by atoms with van der Waals surface area (Å²) in [4.78, 5) is 8.20. The van der Waals surface area contributed by atoms with E-state index in [4.69, 9.17) is 0 Å². The van der Waals surface area contributed by atoms with E-state index in [1.165, 1.54) is 16.0 Å². The minimum Gasteiger partial charge on any atom is -0.294 e. The number of pyridine rings is 1. The van der Waals surface area contributed by atoms with Gasteiger partial charge in [0.05, 0.1) is 0 Å². The number of aryl methyl sites for hydroxylation is 1. The quantitative estimate of drug-likeness (QED) is 0.788. The minimum absolute atomic E-state index is 0.678. The van der Waals surface area contributed by atoms with Crippen molar-refractivity contribution < 1.29 is 0 Å². The summed E-state index contributed by atoms with van der Waals surface area (Å²) in [6.07, 6.45) is 3.80. The zero-order chi connectivity index (χ0) is 13.7. The summed E-state index contributed by atoms with van der Waals surface area (Å²) < 4.78 is 0. The van der Waals surface area contributed by atoms with Crippen LogP contribution in [-0.2, 0) is 13.1 Å². The van der Waals surface area contributed by atoms with E-state index >= 15 is 0 Å². The molecule has 102 valence electrons. The molecular weight excluding hydrogens is 252 g/mol. The number of rotatable bonds is 6. The van der Waals surface area contributed by atoms with Crippen LogP contribution in [0.15, 0.2) is 36.0 Å². The molecule has 0 saturated heterocycles. The zero-order valence-electron chi connectivity index (χ0n) is 12.0. The van der Waals surface area contributed by atoms with Crippen molar-refractivity contribution in [3.05, 3.63) is 52.0 Å². The Morgan fingerprint density at radius 2 is 2.11 bits per heavy atom. The molecule has 0 spiro atoms. The number of hydrogen-bond acceptors (Lipinski definition) is 3. The van der Waals surface area contributed by atoms with Gasteiger partial charge in [-0.05, 0) is 41.5 Å². The van der Waals surface area contributed by atoms with Crippen LogP contribution in [0.1, 0.15) is 29.9 Å². The van der Waals surface area contributed by atoms with Gasteiger partial charge in [-0.1, -0.05) is 19.9 Å². The Labute approximate surface area is 120 Å². The average molecular weight is 274 g/mol. The topological polar surface area (TPSA) is 16.1 Å². The molecule has 0 N–H and O–H groups in total. The molecule has 2 nitrogen and oxygen atoms in total. The Hall–Kier alpha value is -1.19. The van der Waals surface area contributed by atoms with Crippen molar-refractivity contribution in [1.29, 1.82) is 0 Å². The summed E-state index contributed by atoms with van der Waals surface area (Å²) in [6.45, 7) is 9.88. The van der Waals surface area contributed by atoms with E-state index in [0.29, 0.717) is 5.92 Å². The molecule has 0 aromatic carbocycles. The van der Waals surface area contributed by atoms with Crippen LogP contribution < -0.4 is 0 Å². The summed E-state index contributed by atoms with van der Waals surface area (Å²) in [5, 5.41) is 2.18. The van der Waals surface area contributed by atoms with Crippen LogP contribution >= 0.6 is 11.3 Å². The third kappa shape index (κ3) is 4.44. The van der Waals surface area contributed by atoms with Gasteiger partial charge in [0.15, 0.2) is 0 Å². The second kappa shape index (κ2) is 6.83. The Balaban J connectivity index is 2.06. The Kier molecular flexibility index (Phi) is 5.11. The first-order valence-electron chi connectivity index (χ1n) is 6.79. The van der Waals surface area contributed by atoms with Crippen molar-refractivity contribution in [2.75, 3.05) is 6.54 Å². The fourth-order valence-electron chi connectivity index (χ4n) is 2.22. The molecule has 0 aliphatic rings. The number of hydrogen-bond donors (Lipinski definition) is 0. The van der Waals surface area contributed by atoms with E-state index in [2.05, 4.69) is 48.2 Å². The lowest BCUT2D eigenvalue weighted by atomic mass is 10.1. The van der Waals surface area contributed by atoms with Gasteiger partial charge < -0.3 is 0 Å². The van der Waals surface area contributed by atoms with Gasteiger partial charge in [0, 0.05) is 36.9 Å². The molecule has 0 fully saturated rings. The van der Waals surface area contributed by atoms with E-state index in [1.54, 1.807) is 0 Å². The van der Waals surface area contributed by atoms with Crippen molar-refractivity contribution in [2.45, 2.75) is 33.9 Å². The molecule has 0 aliphatic carbocycles. The number of aromatic nitrogens is 1. The van der Waals surface area contributed by atoms with Crippen LogP contribution in [-0.4, -0.2) is 16.4 Å². The third-order valence-corrected chi connectivity index (χ3v) is 4.10. The van der Waals surface area contributed by atoms with Crippen molar-refractivity contribution in [1.82, 2.24) is 9.88 Å². The van der Waals surface area contributed by atoms with E-state index < -0.39 is 0 Å². The first-order valence-corrected chi connectivity index (χ1v) is 7.67. The van der Waals surface area contributed by atoms with Crippen LogP contribution in [0.5, 0.6) is 0 Å². The van der Waals surface area contributed by atoms with Crippen LogP contribution in [0.3, 0.4) is 0 Å². The van der Waals surface area contributed by atoms with Gasteiger partial charge in [-0.2, -0.15) is 0 Å². The highest BCUT2D eigenvalue weighted by atomic mass is 32.1. The van der Waals surface area contributed by atoms with E-state index in [0.717, 1.165) is 19.6 Å². The monoisotopic (exact) mass is 274 g/mol. The average Bonchev–Trinajstić information content (AvgIpc) is 2.75. The van der Waals surface area contributed by atoms with Crippen LogP contribution in [0.2, 0.25) is 0 Å². The van der Waals surface area contributed by atoms with Gasteiger partial charge >= 0.3 is 0 Å². The lowest BCUT2D eigenvalue weighted by molar-refractivity contribution is 0.229. The second-order valence-corrected chi connectivity index (χ2v) is 6.45. The van der Waals surface area contributed by atoms with Crippen LogP contribution in [0, 0.1) is 12.8 Å². The number of nitrogens with zero attached hydrogens (tertiary/aromatic N) is 2. The highest BCUT2D eigenvalue weighted by Crippen LogP contribution is 2.19. The summed E-state index contributed by atoms with van der Waals surface area (Å²) in [5.41, 5.74) is 2.70. The molecule has 3 heteroatoms. The summed E-state index contributed by atoms with van der Waals surface area (Å²) in [7, 11) is 0. The van der Waals surface area contributed by atoms with Crippen molar-refractivity contribution >= 4 is 11.3 Å². The standard InChI is InChI=1S/C16H22N2S/c1-13(2)10-18(11-15-5-4-7-17-9-15)12-16-14(3)6-8-19-16/h4-9,13H,10-12H2,1-3H3. The molecule has 2 heterocycles. The van der Waals surface area contributed by atoms with E-state index in [1.807, 2.05) is 29.8 Å². The Morgan fingerprint density at radius 1 is 1.26 bits per heavy atom. The summed E-state index contributed by atoms with van der Waals surface area (Å²) in [6, 6.07) is 6.37. The van der Waals surface area contributed by atoms with Gasteiger partial charge in [0.1, 0.15) is 0 Å². The van der Waals surface area contributed by atoms with Crippen molar-refractivity contribution in [2.24, 2.45) is 5.92 Å². The highest BCUT2D eigenvalue weighted by molar-refractivity contribution is 7.10. The molecule has 0 radical (unpaired) electrons. The van der Waals surface area contributed by atoms with Crippen molar-refractivity contribution in [3.8, 4) is 0 Å². The molecule has 0 saturated carbocycles. The van der Waals surface area contributed by atoms with Gasteiger partial charge in [0.2, 0.25) is 0 Å². The van der Waals surface area contributed by atoms with Crippen molar-refractivity contribution in [3.63, 3.8) is 0 Å². The molecule has 19 heavy (non-hydrogen) atoms. The maximum atomic E-state index is 4.21. The lowest BCUT2D eigenvalue weighted by Gasteiger charge is -2.24. The normalized spacial score (nSPS) is 11.4. The minimum atomic E-state index is 0.678. The summed E-state index contributed by atoms with van der Waals surface area (Å²) >= 11 is 1.86. The molecular formula is C16H22N2S. The fraction of sp³-hybridized carbons (Fsp3) is 0.438. The molecule has 0 bridgehead atoms. The fourth-order valence-corrected chi connectivity index (χ4v) is 3.17. The largest absolute Gasteiger partial charge is 0.294 e. The van der Waals surface area contributed by atoms with Gasteiger partial charge in [-0.25, -0.2) is 0 Å². The maximum absolute atomic E-state index is 4.21. The molecule has 2 rings (SSSR count). The van der Waals surface area contributed by atoms with Crippen LogP contribution in [0.25, 0.3) is 0 Å². The van der Waals surface area contributed by atoms with Gasteiger partial charge in [-0.15, -0.1) is 11.3 Å². The molecule has 2 aromatic rings. The smallest absolute Gasteiger partial charge is 0.0334 e. The SMILES string of the molecule is Cc1ccsc1CN(Cc1cccnc1)CC(C)C. The van der Waals surface area contributed by atoms with Gasteiger partial charge in [0.25, 0.3) is 0 Å². The van der Waals surface area contributed by atoms with Crippen LogP contribution in [0.4, 0.5) is 0 Å². The molecule has 0 atom stereocenters. The third-order valence-electron chi connectivity index (χ3n) is 3.09. The zero-order valence-corrected chi connectivity index (χ0v) is 12.8. The summed E-state index contributed by atoms with van der Waals surface area (Å²) in [5.74, 6) is 0.678. The van der Waals surface area contributed by atoms with E-state index in [-0.39, 0.29) is 0 Å². The predicted molar refractivity (Wildman–Crippen MR) is 82.2 cm³/mol. The lowest BCUT2D eigenvalue weighted by Crippen LogP contribution is -2.26. The van der Waals surface area contributed by atoms with E-state index in [9.17, 15) is 0 Å². The molecule has 0 aliphatic heterocycles. The van der Waals surface area contributed by atoms with Gasteiger partial charge in [-0.3, -0.25) is 9.88 Å². The molecule has 2 aromatic heterocycles. The Morgan fingerprint density at radius 3 is 2.68 bits per heavy atom. The predicted octanol–water partition coefficient (Wildman–Crippen LogP) is 4.11. The second-order valence-electron chi connectivity index (χ2n) is 5.45. The Bertz CT molecular complexity index is 490. The first-order chi connectivity index (χ1) is 9.15. The molecule has 0 unspecified atom stereocenters.